The van der Waals surface area contributed by atoms with Crippen molar-refractivity contribution < 1.29 is 9.53 Å². The van der Waals surface area contributed by atoms with E-state index in [1.807, 2.05) is 0 Å². The van der Waals surface area contributed by atoms with Crippen LogP contribution in [0.15, 0.2) is 12.3 Å². The molecule has 0 bridgehead atoms. The van der Waals surface area contributed by atoms with Crippen LogP contribution in [0, 0.1) is 0 Å². The maximum Gasteiger partial charge on any atom is 0.358 e. The predicted molar refractivity (Wildman–Crippen MR) is 45.6 cm³/mol. The molecule has 0 spiro atoms. The van der Waals surface area contributed by atoms with Crippen molar-refractivity contribution in [2.75, 3.05) is 7.11 Å². The molecular weight excluding hydrogens is 201 g/mol. The van der Waals surface area contributed by atoms with Crippen molar-refractivity contribution in [2.24, 2.45) is 0 Å². The monoisotopic (exact) mass is 205 g/mol. The molecule has 1 rings (SSSR count). The number of aromatic nitrogens is 1. The summed E-state index contributed by atoms with van der Waals surface area (Å²) >= 11 is 11.3. The Bertz CT molecular complexity index is 314. The minimum absolute atomic E-state index is 0.0340. The molecule has 0 aliphatic heterocycles. The highest BCUT2D eigenvalue weighted by atomic mass is 35.5. The van der Waals surface area contributed by atoms with Gasteiger partial charge in [-0.25, -0.2) is 9.78 Å². The highest BCUT2D eigenvalue weighted by Gasteiger charge is 2.13. The van der Waals surface area contributed by atoms with E-state index in [9.17, 15) is 4.79 Å². The summed E-state index contributed by atoms with van der Waals surface area (Å²) in [5, 5.41) is 0.401. The summed E-state index contributed by atoms with van der Waals surface area (Å²) in [6.45, 7) is 0. The van der Waals surface area contributed by atoms with E-state index in [0.717, 1.165) is 0 Å². The number of halogens is 2. The number of ether oxygens (including phenoxy) is 1. The second-order valence-corrected chi connectivity index (χ2v) is 2.73. The summed E-state index contributed by atoms with van der Waals surface area (Å²) in [5.41, 5.74) is 0.0340. The fraction of sp³-hybridized carbons (Fsp3) is 0.143. The SMILES string of the molecule is COC(=O)c1nccc(Cl)c1Cl. The standard InChI is InChI=1S/C7H5Cl2NO2/c1-12-7(11)6-5(9)4(8)2-3-10-6/h2-3H,1H3. The molecule has 1 heterocycles. The van der Waals surface area contributed by atoms with Crippen LogP contribution in [-0.4, -0.2) is 18.1 Å². The summed E-state index contributed by atoms with van der Waals surface area (Å²) in [7, 11) is 1.25. The third-order valence-corrected chi connectivity index (χ3v) is 2.02. The van der Waals surface area contributed by atoms with Crippen molar-refractivity contribution in [3.05, 3.63) is 28.0 Å². The zero-order chi connectivity index (χ0) is 9.14. The molecular formula is C7H5Cl2NO2. The smallest absolute Gasteiger partial charge is 0.358 e. The fourth-order valence-electron chi connectivity index (χ4n) is 0.659. The van der Waals surface area contributed by atoms with Crippen molar-refractivity contribution >= 4 is 29.2 Å². The number of carbonyl (C=O) groups is 1. The Morgan fingerprint density at radius 3 is 2.83 bits per heavy atom. The summed E-state index contributed by atoms with van der Waals surface area (Å²) in [6, 6.07) is 1.50. The summed E-state index contributed by atoms with van der Waals surface area (Å²) < 4.78 is 4.43. The van der Waals surface area contributed by atoms with Gasteiger partial charge in [-0.1, -0.05) is 23.2 Å². The van der Waals surface area contributed by atoms with Crippen LogP contribution in [0.1, 0.15) is 10.5 Å². The number of pyridine rings is 1. The number of nitrogens with zero attached hydrogens (tertiary/aromatic N) is 1. The third-order valence-electron chi connectivity index (χ3n) is 1.22. The highest BCUT2D eigenvalue weighted by Crippen LogP contribution is 2.23. The first kappa shape index (κ1) is 9.29. The van der Waals surface area contributed by atoms with Crippen LogP contribution in [0.3, 0.4) is 0 Å². The van der Waals surface area contributed by atoms with Gasteiger partial charge in [-0.15, -0.1) is 0 Å². The van der Waals surface area contributed by atoms with E-state index in [0.29, 0.717) is 0 Å². The van der Waals surface area contributed by atoms with Crippen LogP contribution in [0.25, 0.3) is 0 Å². The van der Waals surface area contributed by atoms with Gasteiger partial charge in [-0.3, -0.25) is 0 Å². The zero-order valence-electron chi connectivity index (χ0n) is 6.17. The molecule has 0 fully saturated rings. The van der Waals surface area contributed by atoms with Gasteiger partial charge < -0.3 is 4.74 Å². The third kappa shape index (κ3) is 1.68. The van der Waals surface area contributed by atoms with Crippen molar-refractivity contribution in [3.8, 4) is 0 Å². The number of hydrogen-bond donors (Lipinski definition) is 0. The first-order valence-electron chi connectivity index (χ1n) is 3.05. The van der Waals surface area contributed by atoms with Gasteiger partial charge in [0.2, 0.25) is 0 Å². The van der Waals surface area contributed by atoms with Crippen LogP contribution in [0.4, 0.5) is 0 Å². The van der Waals surface area contributed by atoms with Crippen LogP contribution in [-0.2, 0) is 4.74 Å². The molecule has 1 aromatic rings. The Morgan fingerprint density at radius 2 is 2.25 bits per heavy atom. The van der Waals surface area contributed by atoms with E-state index in [4.69, 9.17) is 23.2 Å². The Kier molecular flexibility index (Phi) is 2.89. The molecule has 3 nitrogen and oxygen atoms in total. The molecule has 0 unspecified atom stereocenters. The molecule has 5 heteroatoms. The lowest BCUT2D eigenvalue weighted by atomic mass is 10.3. The van der Waals surface area contributed by atoms with Gasteiger partial charge >= 0.3 is 5.97 Å². The van der Waals surface area contributed by atoms with Gasteiger partial charge in [0.1, 0.15) is 0 Å². The minimum atomic E-state index is -0.595. The molecule has 64 valence electrons. The van der Waals surface area contributed by atoms with Crippen LogP contribution < -0.4 is 0 Å². The number of methoxy groups -OCH3 is 1. The largest absolute Gasteiger partial charge is 0.464 e. The average Bonchev–Trinajstić information content (AvgIpc) is 2.08. The molecule has 0 saturated carbocycles. The molecule has 0 N–H and O–H groups in total. The molecule has 0 radical (unpaired) electrons. The lowest BCUT2D eigenvalue weighted by Gasteiger charge is -2.00. The summed E-state index contributed by atoms with van der Waals surface area (Å²) in [6.07, 6.45) is 1.39. The van der Waals surface area contributed by atoms with Crippen molar-refractivity contribution in [1.82, 2.24) is 4.98 Å². The zero-order valence-corrected chi connectivity index (χ0v) is 7.69. The molecule has 0 atom stereocenters. The second kappa shape index (κ2) is 3.74. The van der Waals surface area contributed by atoms with E-state index in [1.54, 1.807) is 0 Å². The summed E-state index contributed by atoms with van der Waals surface area (Å²) in [5.74, 6) is -0.595. The van der Waals surface area contributed by atoms with Gasteiger partial charge in [0, 0.05) is 6.20 Å². The van der Waals surface area contributed by atoms with E-state index >= 15 is 0 Å². The van der Waals surface area contributed by atoms with E-state index in [1.165, 1.54) is 19.4 Å². The average molecular weight is 206 g/mol. The summed E-state index contributed by atoms with van der Waals surface area (Å²) in [4.78, 5) is 14.7. The van der Waals surface area contributed by atoms with Crippen LogP contribution in [0.5, 0.6) is 0 Å². The van der Waals surface area contributed by atoms with Gasteiger partial charge in [0.05, 0.1) is 17.2 Å². The molecule has 0 aliphatic carbocycles. The van der Waals surface area contributed by atoms with Crippen molar-refractivity contribution in [2.45, 2.75) is 0 Å². The molecule has 1 aromatic heterocycles. The number of esters is 1. The van der Waals surface area contributed by atoms with E-state index < -0.39 is 5.97 Å². The fourth-order valence-corrected chi connectivity index (χ4v) is 0.994. The maximum absolute atomic E-state index is 11.0. The second-order valence-electron chi connectivity index (χ2n) is 1.95. The lowest BCUT2D eigenvalue weighted by molar-refractivity contribution is 0.0594. The number of carbonyl (C=O) groups excluding carboxylic acids is 1. The molecule has 0 saturated heterocycles. The van der Waals surface area contributed by atoms with Crippen molar-refractivity contribution in [3.63, 3.8) is 0 Å². The molecule has 0 aromatic carbocycles. The topological polar surface area (TPSA) is 39.2 Å². The van der Waals surface area contributed by atoms with Gasteiger partial charge in [-0.05, 0) is 6.07 Å². The number of rotatable bonds is 1. The number of hydrogen-bond acceptors (Lipinski definition) is 3. The predicted octanol–water partition coefficient (Wildman–Crippen LogP) is 2.17. The normalized spacial score (nSPS) is 9.58. The Balaban J connectivity index is 3.16. The van der Waals surface area contributed by atoms with Gasteiger partial charge in [0.15, 0.2) is 5.69 Å². The van der Waals surface area contributed by atoms with E-state index in [2.05, 4.69) is 9.72 Å². The Labute approximate surface area is 79.3 Å². The van der Waals surface area contributed by atoms with Crippen LogP contribution in [0.2, 0.25) is 10.0 Å². The van der Waals surface area contributed by atoms with Gasteiger partial charge in [0.25, 0.3) is 0 Å². The quantitative estimate of drug-likeness (QED) is 0.661. The highest BCUT2D eigenvalue weighted by molar-refractivity contribution is 6.43. The Morgan fingerprint density at radius 1 is 1.58 bits per heavy atom. The first-order chi connectivity index (χ1) is 5.66. The minimum Gasteiger partial charge on any atom is -0.464 e. The maximum atomic E-state index is 11.0. The molecule has 0 amide bonds. The van der Waals surface area contributed by atoms with Crippen LogP contribution >= 0.6 is 23.2 Å². The van der Waals surface area contributed by atoms with E-state index in [-0.39, 0.29) is 15.7 Å². The first-order valence-corrected chi connectivity index (χ1v) is 3.80. The van der Waals surface area contributed by atoms with Crippen molar-refractivity contribution in [1.29, 1.82) is 0 Å². The lowest BCUT2D eigenvalue weighted by Crippen LogP contribution is -2.04. The Hall–Kier alpha value is -0.800. The van der Waals surface area contributed by atoms with Gasteiger partial charge in [-0.2, -0.15) is 0 Å². The molecule has 12 heavy (non-hydrogen) atoms. The molecule has 0 aliphatic rings.